The zero-order valence-corrected chi connectivity index (χ0v) is 25.0. The largest absolute Gasteiger partial charge is 0.493 e. The number of nitriles is 1. The average molecular weight is 610 g/mol. The maximum atomic E-state index is 14.0. The first kappa shape index (κ1) is 28.8. The number of ether oxygens (including phenoxy) is 5. The van der Waals surface area contributed by atoms with Crippen molar-refractivity contribution in [3.8, 4) is 29.1 Å². The quantitative estimate of drug-likeness (QED) is 0.275. The van der Waals surface area contributed by atoms with E-state index >= 15 is 0 Å². The van der Waals surface area contributed by atoms with Gasteiger partial charge >= 0.3 is 5.97 Å². The number of nitrogens with zero attached hydrogens (tertiary/aromatic N) is 3. The predicted octanol–water partition coefficient (Wildman–Crippen LogP) is 3.99. The highest BCUT2D eigenvalue weighted by Gasteiger charge is 2.34. The van der Waals surface area contributed by atoms with Crippen LogP contribution in [0.15, 0.2) is 81.7 Å². The number of thiazole rings is 1. The van der Waals surface area contributed by atoms with Gasteiger partial charge in [0.15, 0.2) is 27.8 Å². The van der Waals surface area contributed by atoms with Crippen molar-refractivity contribution >= 4 is 23.4 Å². The molecule has 1 atom stereocenters. The molecule has 0 fully saturated rings. The first-order chi connectivity index (χ1) is 21.4. The van der Waals surface area contributed by atoms with Crippen LogP contribution in [-0.2, 0) is 16.1 Å². The van der Waals surface area contributed by atoms with E-state index in [1.165, 1.54) is 23.0 Å². The minimum Gasteiger partial charge on any atom is -0.493 e. The summed E-state index contributed by atoms with van der Waals surface area (Å²) in [6.07, 6.45) is 1.75. The molecule has 10 nitrogen and oxygen atoms in total. The summed E-state index contributed by atoms with van der Waals surface area (Å²) in [6.45, 7) is 3.94. The van der Waals surface area contributed by atoms with Crippen LogP contribution in [0.4, 0.5) is 0 Å². The van der Waals surface area contributed by atoms with E-state index in [0.29, 0.717) is 54.7 Å². The monoisotopic (exact) mass is 609 g/mol. The van der Waals surface area contributed by atoms with Crippen LogP contribution < -0.4 is 33.8 Å². The number of carbonyl (C=O) groups excluding carboxylic acids is 1. The second kappa shape index (κ2) is 12.1. The molecular formula is C33H27N3O7S. The first-order valence-electron chi connectivity index (χ1n) is 13.8. The molecule has 0 bridgehead atoms. The molecule has 0 amide bonds. The average Bonchev–Trinajstić information content (AvgIpc) is 3.63. The molecule has 4 aromatic rings. The standard InChI is InChI=1S/C33H27N3O7S/c1-4-40-32(38)29-19(2)35-33-36(30(29)21-10-12-25-27(15-21)43-18-42-25)31(37)28(44-33)14-20-9-11-24(26(13-20)39-3)41-17-23-8-6-5-7-22(23)16-34/h5-15,30H,4,17-18H2,1-3H3/b28-14+. The molecule has 1 unspecified atom stereocenters. The number of aromatic nitrogens is 1. The smallest absolute Gasteiger partial charge is 0.338 e. The van der Waals surface area contributed by atoms with Crippen LogP contribution in [0.25, 0.3) is 6.08 Å². The van der Waals surface area contributed by atoms with Crippen molar-refractivity contribution in [2.24, 2.45) is 4.99 Å². The molecular weight excluding hydrogens is 582 g/mol. The second-order valence-corrected chi connectivity index (χ2v) is 10.9. The third-order valence-electron chi connectivity index (χ3n) is 7.24. The van der Waals surface area contributed by atoms with Crippen LogP contribution in [0.5, 0.6) is 23.0 Å². The van der Waals surface area contributed by atoms with E-state index in [-0.39, 0.29) is 31.1 Å². The molecule has 11 heteroatoms. The van der Waals surface area contributed by atoms with E-state index in [2.05, 4.69) is 11.1 Å². The fourth-order valence-electron chi connectivity index (χ4n) is 5.15. The van der Waals surface area contributed by atoms with Crippen LogP contribution in [-0.4, -0.2) is 31.0 Å². The maximum absolute atomic E-state index is 14.0. The van der Waals surface area contributed by atoms with Crippen molar-refractivity contribution in [2.45, 2.75) is 26.5 Å². The number of benzene rings is 3. The number of hydrogen-bond acceptors (Lipinski definition) is 10. The molecule has 0 radical (unpaired) electrons. The Labute approximate surface area is 256 Å². The number of esters is 1. The fourth-order valence-corrected chi connectivity index (χ4v) is 6.19. The number of fused-ring (bicyclic) bond motifs is 2. The third kappa shape index (κ3) is 5.31. The molecule has 0 N–H and O–H groups in total. The Kier molecular flexibility index (Phi) is 7.91. The highest BCUT2D eigenvalue weighted by atomic mass is 32.1. The van der Waals surface area contributed by atoms with Crippen molar-refractivity contribution in [3.05, 3.63) is 114 Å². The van der Waals surface area contributed by atoms with Crippen molar-refractivity contribution in [1.82, 2.24) is 4.57 Å². The SMILES string of the molecule is CCOC(=O)C1=C(C)N=c2s/c(=C/c3ccc(OCc4ccccc4C#N)c(OC)c3)c(=O)n2C1c1ccc2c(c1)OCO2. The summed E-state index contributed by atoms with van der Waals surface area (Å²) in [7, 11) is 1.54. The molecule has 222 valence electrons. The summed E-state index contributed by atoms with van der Waals surface area (Å²) >= 11 is 1.22. The summed E-state index contributed by atoms with van der Waals surface area (Å²) in [5, 5.41) is 9.37. The van der Waals surface area contributed by atoms with E-state index in [1.54, 1.807) is 56.3 Å². The Hall–Kier alpha value is -5.34. The maximum Gasteiger partial charge on any atom is 0.338 e. The van der Waals surface area contributed by atoms with Crippen molar-refractivity contribution in [2.75, 3.05) is 20.5 Å². The van der Waals surface area contributed by atoms with Gasteiger partial charge < -0.3 is 23.7 Å². The fraction of sp³-hybridized carbons (Fsp3) is 0.212. The van der Waals surface area contributed by atoms with Gasteiger partial charge in [-0.1, -0.05) is 41.7 Å². The zero-order chi connectivity index (χ0) is 30.8. The Bertz CT molecular complexity index is 2040. The second-order valence-electron chi connectivity index (χ2n) is 9.88. The molecule has 3 heterocycles. The Morgan fingerprint density at radius 1 is 1.14 bits per heavy atom. The summed E-state index contributed by atoms with van der Waals surface area (Å²) in [5.41, 5.74) is 3.12. The van der Waals surface area contributed by atoms with E-state index in [0.717, 1.165) is 5.56 Å². The van der Waals surface area contributed by atoms with E-state index in [9.17, 15) is 14.9 Å². The lowest BCUT2D eigenvalue weighted by Crippen LogP contribution is -2.39. The summed E-state index contributed by atoms with van der Waals surface area (Å²) < 4.78 is 29.9. The summed E-state index contributed by atoms with van der Waals surface area (Å²) in [6, 6.07) is 19.3. The number of rotatable bonds is 8. The van der Waals surface area contributed by atoms with E-state index in [1.807, 2.05) is 24.3 Å². The number of carbonyl (C=O) groups is 1. The van der Waals surface area contributed by atoms with Gasteiger partial charge in [-0.3, -0.25) is 9.36 Å². The molecule has 0 saturated heterocycles. The van der Waals surface area contributed by atoms with Crippen LogP contribution >= 0.6 is 11.3 Å². The molecule has 3 aromatic carbocycles. The lowest BCUT2D eigenvalue weighted by atomic mass is 9.95. The lowest BCUT2D eigenvalue weighted by molar-refractivity contribution is -0.139. The topological polar surface area (TPSA) is 121 Å². The van der Waals surface area contributed by atoms with Gasteiger partial charge in [-0.2, -0.15) is 5.26 Å². The minimum atomic E-state index is -0.774. The van der Waals surface area contributed by atoms with Crippen LogP contribution in [0.2, 0.25) is 0 Å². The first-order valence-corrected chi connectivity index (χ1v) is 14.6. The van der Waals surface area contributed by atoms with Crippen molar-refractivity contribution in [1.29, 1.82) is 5.26 Å². The normalized spacial score (nSPS) is 15.3. The van der Waals surface area contributed by atoms with Crippen LogP contribution in [0, 0.1) is 11.3 Å². The molecule has 6 rings (SSSR count). The molecule has 1 aromatic heterocycles. The number of hydrogen-bond donors (Lipinski definition) is 0. The van der Waals surface area contributed by atoms with Crippen LogP contribution in [0.3, 0.4) is 0 Å². The highest BCUT2D eigenvalue weighted by molar-refractivity contribution is 7.07. The molecule has 44 heavy (non-hydrogen) atoms. The number of methoxy groups -OCH3 is 1. The molecule has 0 spiro atoms. The van der Waals surface area contributed by atoms with Gasteiger partial charge in [0.05, 0.1) is 47.2 Å². The van der Waals surface area contributed by atoms with Crippen LogP contribution in [0.1, 0.15) is 42.1 Å². The van der Waals surface area contributed by atoms with Gasteiger partial charge in [-0.15, -0.1) is 0 Å². The highest BCUT2D eigenvalue weighted by Crippen LogP contribution is 2.38. The van der Waals surface area contributed by atoms with E-state index in [4.69, 9.17) is 23.7 Å². The number of allylic oxidation sites excluding steroid dienone is 1. The van der Waals surface area contributed by atoms with Gasteiger partial charge in [0.2, 0.25) is 6.79 Å². The van der Waals surface area contributed by atoms with Gasteiger partial charge in [-0.05, 0) is 61.4 Å². The minimum absolute atomic E-state index is 0.0988. The molecule has 2 aliphatic rings. The Morgan fingerprint density at radius 3 is 2.75 bits per heavy atom. The zero-order valence-electron chi connectivity index (χ0n) is 24.2. The molecule has 0 saturated carbocycles. The summed E-state index contributed by atoms with van der Waals surface area (Å²) in [4.78, 5) is 32.2. The summed E-state index contributed by atoms with van der Waals surface area (Å²) in [5.74, 6) is 1.56. The van der Waals surface area contributed by atoms with Crippen molar-refractivity contribution < 1.29 is 28.5 Å². The molecule has 2 aliphatic heterocycles. The predicted molar refractivity (Wildman–Crippen MR) is 161 cm³/mol. The molecule has 0 aliphatic carbocycles. The lowest BCUT2D eigenvalue weighted by Gasteiger charge is -2.24. The van der Waals surface area contributed by atoms with Crippen molar-refractivity contribution in [3.63, 3.8) is 0 Å². The Morgan fingerprint density at radius 2 is 1.95 bits per heavy atom. The Balaban J connectivity index is 1.39. The van der Waals surface area contributed by atoms with E-state index < -0.39 is 12.0 Å². The van der Waals surface area contributed by atoms with Gasteiger partial charge in [0.25, 0.3) is 5.56 Å². The van der Waals surface area contributed by atoms with Gasteiger partial charge in [-0.25, -0.2) is 9.79 Å². The van der Waals surface area contributed by atoms with Gasteiger partial charge in [0, 0.05) is 5.56 Å². The third-order valence-corrected chi connectivity index (χ3v) is 8.22. The van der Waals surface area contributed by atoms with Gasteiger partial charge in [0.1, 0.15) is 6.61 Å².